The third-order valence-corrected chi connectivity index (χ3v) is 4.00. The molecule has 1 amide bonds. The van der Waals surface area contributed by atoms with Gasteiger partial charge in [-0.1, -0.05) is 18.2 Å². The first-order chi connectivity index (χ1) is 11.2. The molecule has 1 N–H and O–H groups in total. The molecule has 0 unspecified atom stereocenters. The molecule has 114 valence electrons. The van der Waals surface area contributed by atoms with Crippen molar-refractivity contribution in [2.24, 2.45) is 0 Å². The van der Waals surface area contributed by atoms with E-state index < -0.39 is 0 Å². The van der Waals surface area contributed by atoms with E-state index in [1.807, 2.05) is 54.6 Å². The van der Waals surface area contributed by atoms with Crippen molar-refractivity contribution in [2.75, 3.05) is 0 Å². The number of carbonyl (C=O) groups excluding carboxylic acids is 1. The first-order valence-corrected chi connectivity index (χ1v) is 8.20. The molecule has 2 heterocycles. The Labute approximate surface area is 148 Å². The summed E-state index contributed by atoms with van der Waals surface area (Å²) in [6, 6.07) is 18.3. The summed E-state index contributed by atoms with van der Waals surface area (Å²) in [7, 11) is 0. The Bertz CT molecular complexity index is 754. The molecule has 0 saturated heterocycles. The maximum absolute atomic E-state index is 12.6. The monoisotopic (exact) mass is 415 g/mol. The van der Waals surface area contributed by atoms with Crippen molar-refractivity contribution in [1.82, 2.24) is 15.3 Å². The number of pyridine rings is 2. The standard InChI is InChI=1S/C18H14IN3O/c19-14-7-5-6-13(12-14)18(23)22-17(15-8-1-3-10-20-15)16-9-2-4-11-21-16/h1-12,17H,(H,22,23). The van der Waals surface area contributed by atoms with Crippen molar-refractivity contribution in [3.8, 4) is 0 Å². The molecular formula is C18H14IN3O. The van der Waals surface area contributed by atoms with Crippen LogP contribution in [0.25, 0.3) is 0 Å². The van der Waals surface area contributed by atoms with Gasteiger partial charge in [-0.25, -0.2) is 0 Å². The molecule has 0 fully saturated rings. The van der Waals surface area contributed by atoms with Crippen LogP contribution in [-0.2, 0) is 0 Å². The molecule has 0 aliphatic carbocycles. The average Bonchev–Trinajstić information content (AvgIpc) is 2.61. The highest BCUT2D eigenvalue weighted by Gasteiger charge is 2.19. The molecule has 0 aliphatic rings. The number of hydrogen-bond acceptors (Lipinski definition) is 3. The Kier molecular flexibility index (Phi) is 4.97. The maximum atomic E-state index is 12.6. The van der Waals surface area contributed by atoms with Gasteiger partial charge in [0.2, 0.25) is 0 Å². The summed E-state index contributed by atoms with van der Waals surface area (Å²) in [4.78, 5) is 21.3. The highest BCUT2D eigenvalue weighted by molar-refractivity contribution is 14.1. The van der Waals surface area contributed by atoms with Gasteiger partial charge in [0.15, 0.2) is 0 Å². The minimum atomic E-state index is -0.386. The Balaban J connectivity index is 1.92. The number of carbonyl (C=O) groups is 1. The van der Waals surface area contributed by atoms with Crippen LogP contribution >= 0.6 is 22.6 Å². The number of nitrogens with one attached hydrogen (secondary N) is 1. The van der Waals surface area contributed by atoms with Crippen LogP contribution in [0.4, 0.5) is 0 Å². The van der Waals surface area contributed by atoms with Gasteiger partial charge in [-0.05, 0) is 65.1 Å². The number of nitrogens with zero attached hydrogens (tertiary/aromatic N) is 2. The fourth-order valence-electron chi connectivity index (χ4n) is 2.24. The summed E-state index contributed by atoms with van der Waals surface area (Å²) < 4.78 is 1.02. The third kappa shape index (κ3) is 3.92. The summed E-state index contributed by atoms with van der Waals surface area (Å²) >= 11 is 2.19. The van der Waals surface area contributed by atoms with E-state index >= 15 is 0 Å². The van der Waals surface area contributed by atoms with Crippen molar-refractivity contribution >= 4 is 28.5 Å². The summed E-state index contributed by atoms with van der Waals surface area (Å²) in [5.74, 6) is -0.148. The van der Waals surface area contributed by atoms with Gasteiger partial charge in [-0.2, -0.15) is 0 Å². The molecule has 5 heteroatoms. The lowest BCUT2D eigenvalue weighted by Crippen LogP contribution is -2.30. The van der Waals surface area contributed by atoms with E-state index in [-0.39, 0.29) is 11.9 Å². The van der Waals surface area contributed by atoms with E-state index in [0.29, 0.717) is 5.56 Å². The SMILES string of the molecule is O=C(NC(c1ccccn1)c1ccccn1)c1cccc(I)c1. The van der Waals surface area contributed by atoms with Gasteiger partial charge >= 0.3 is 0 Å². The highest BCUT2D eigenvalue weighted by Crippen LogP contribution is 2.19. The zero-order chi connectivity index (χ0) is 16.1. The Morgan fingerprint density at radius 3 is 2.09 bits per heavy atom. The molecule has 0 spiro atoms. The lowest BCUT2D eigenvalue weighted by atomic mass is 10.1. The Morgan fingerprint density at radius 2 is 1.57 bits per heavy atom. The fraction of sp³-hybridized carbons (Fsp3) is 0.0556. The second kappa shape index (κ2) is 7.32. The van der Waals surface area contributed by atoms with E-state index in [0.717, 1.165) is 15.0 Å². The first-order valence-electron chi connectivity index (χ1n) is 7.12. The van der Waals surface area contributed by atoms with Crippen LogP contribution < -0.4 is 5.32 Å². The van der Waals surface area contributed by atoms with Crippen LogP contribution in [-0.4, -0.2) is 15.9 Å². The minimum Gasteiger partial charge on any atom is -0.338 e. The van der Waals surface area contributed by atoms with E-state index in [1.54, 1.807) is 18.5 Å². The predicted octanol–water partition coefficient (Wildman–Crippen LogP) is 3.60. The molecule has 0 radical (unpaired) electrons. The molecule has 2 aromatic heterocycles. The van der Waals surface area contributed by atoms with Crippen LogP contribution in [0.5, 0.6) is 0 Å². The maximum Gasteiger partial charge on any atom is 0.252 e. The summed E-state index contributed by atoms with van der Waals surface area (Å²) in [6.07, 6.45) is 3.42. The van der Waals surface area contributed by atoms with Crippen molar-refractivity contribution in [2.45, 2.75) is 6.04 Å². The molecule has 0 aliphatic heterocycles. The van der Waals surface area contributed by atoms with Gasteiger partial charge < -0.3 is 5.32 Å². The average molecular weight is 415 g/mol. The second-order valence-electron chi connectivity index (χ2n) is 4.93. The lowest BCUT2D eigenvalue weighted by molar-refractivity contribution is 0.0941. The minimum absolute atomic E-state index is 0.148. The molecule has 0 saturated carbocycles. The molecular weight excluding hydrogens is 401 g/mol. The number of rotatable bonds is 4. The zero-order valence-corrected chi connectivity index (χ0v) is 14.3. The van der Waals surface area contributed by atoms with E-state index in [1.165, 1.54) is 0 Å². The number of benzene rings is 1. The Morgan fingerprint density at radius 1 is 0.913 bits per heavy atom. The number of aromatic nitrogens is 2. The van der Waals surface area contributed by atoms with Gasteiger partial charge in [0.05, 0.1) is 11.4 Å². The van der Waals surface area contributed by atoms with Crippen LogP contribution in [0.2, 0.25) is 0 Å². The van der Waals surface area contributed by atoms with Crippen LogP contribution in [0.3, 0.4) is 0 Å². The van der Waals surface area contributed by atoms with Crippen LogP contribution in [0, 0.1) is 3.57 Å². The molecule has 4 nitrogen and oxygen atoms in total. The number of halogens is 1. The normalized spacial score (nSPS) is 10.5. The molecule has 0 atom stereocenters. The predicted molar refractivity (Wildman–Crippen MR) is 96.9 cm³/mol. The Hall–Kier alpha value is -2.28. The third-order valence-electron chi connectivity index (χ3n) is 3.33. The lowest BCUT2D eigenvalue weighted by Gasteiger charge is -2.18. The van der Waals surface area contributed by atoms with E-state index in [4.69, 9.17) is 0 Å². The largest absolute Gasteiger partial charge is 0.338 e. The van der Waals surface area contributed by atoms with Crippen molar-refractivity contribution in [3.63, 3.8) is 0 Å². The van der Waals surface area contributed by atoms with Crippen molar-refractivity contribution < 1.29 is 4.79 Å². The summed E-state index contributed by atoms with van der Waals surface area (Å²) in [6.45, 7) is 0. The zero-order valence-electron chi connectivity index (χ0n) is 12.2. The van der Waals surface area contributed by atoms with Crippen molar-refractivity contribution in [1.29, 1.82) is 0 Å². The quantitative estimate of drug-likeness (QED) is 0.663. The highest BCUT2D eigenvalue weighted by atomic mass is 127. The van der Waals surface area contributed by atoms with E-state index in [9.17, 15) is 4.79 Å². The van der Waals surface area contributed by atoms with Gasteiger partial charge in [0, 0.05) is 21.5 Å². The molecule has 1 aromatic carbocycles. The summed E-state index contributed by atoms with van der Waals surface area (Å²) in [5.41, 5.74) is 2.13. The smallest absolute Gasteiger partial charge is 0.252 e. The van der Waals surface area contributed by atoms with Crippen LogP contribution in [0.15, 0.2) is 73.1 Å². The molecule has 3 rings (SSSR count). The topological polar surface area (TPSA) is 54.9 Å². The summed E-state index contributed by atoms with van der Waals surface area (Å²) in [5, 5.41) is 3.03. The first kappa shape index (κ1) is 15.6. The number of amides is 1. The van der Waals surface area contributed by atoms with Gasteiger partial charge in [-0.15, -0.1) is 0 Å². The van der Waals surface area contributed by atoms with Crippen molar-refractivity contribution in [3.05, 3.63) is 93.6 Å². The fourth-order valence-corrected chi connectivity index (χ4v) is 2.78. The van der Waals surface area contributed by atoms with E-state index in [2.05, 4.69) is 37.9 Å². The van der Waals surface area contributed by atoms with Crippen LogP contribution in [0.1, 0.15) is 27.8 Å². The number of hydrogen-bond donors (Lipinski definition) is 1. The van der Waals surface area contributed by atoms with Gasteiger partial charge in [0.25, 0.3) is 5.91 Å². The van der Waals surface area contributed by atoms with Gasteiger partial charge in [0.1, 0.15) is 6.04 Å². The second-order valence-corrected chi connectivity index (χ2v) is 6.17. The van der Waals surface area contributed by atoms with Gasteiger partial charge in [-0.3, -0.25) is 14.8 Å². The molecule has 23 heavy (non-hydrogen) atoms. The molecule has 0 bridgehead atoms. The molecule has 3 aromatic rings.